The van der Waals surface area contributed by atoms with E-state index in [2.05, 4.69) is 32.3 Å². The van der Waals surface area contributed by atoms with Gasteiger partial charge < -0.3 is 19.9 Å². The molecule has 1 aliphatic heterocycles. The van der Waals surface area contributed by atoms with Crippen LogP contribution >= 0.6 is 0 Å². The van der Waals surface area contributed by atoms with E-state index in [0.29, 0.717) is 30.3 Å². The topological polar surface area (TPSA) is 103 Å². The number of hydrogen-bond donors (Lipinski definition) is 2. The van der Waals surface area contributed by atoms with Crippen LogP contribution in [0.25, 0.3) is 10.9 Å². The third-order valence-corrected chi connectivity index (χ3v) is 5.93. The lowest BCUT2D eigenvalue weighted by Crippen LogP contribution is -2.46. The van der Waals surface area contributed by atoms with Gasteiger partial charge in [0.2, 0.25) is 0 Å². The number of ether oxygens (including phenoxy) is 1. The lowest BCUT2D eigenvalue weighted by molar-refractivity contribution is -0.146. The molecule has 4 rings (SSSR count). The van der Waals surface area contributed by atoms with Gasteiger partial charge in [0, 0.05) is 24.7 Å². The quantitative estimate of drug-likeness (QED) is 0.560. The molecule has 1 aliphatic rings. The molecule has 0 unspecified atom stereocenters. The number of hydrogen-bond acceptors (Lipinski definition) is 6. The number of piperidine rings is 1. The Morgan fingerprint density at radius 3 is 2.91 bits per heavy atom. The molecule has 0 spiro atoms. The van der Waals surface area contributed by atoms with E-state index in [9.17, 15) is 9.59 Å². The highest BCUT2D eigenvalue weighted by Gasteiger charge is 2.34. The summed E-state index contributed by atoms with van der Waals surface area (Å²) < 4.78 is 5.88. The minimum atomic E-state index is -0.684. The summed E-state index contributed by atoms with van der Waals surface area (Å²) in [7, 11) is 4.00. The van der Waals surface area contributed by atoms with Crippen LogP contribution in [0, 0.1) is 5.92 Å². The number of nitrogens with one attached hydrogen (secondary N) is 2. The average molecular weight is 451 g/mol. The first-order chi connectivity index (χ1) is 15.9. The van der Waals surface area contributed by atoms with Crippen LogP contribution in [0.1, 0.15) is 31.4 Å². The van der Waals surface area contributed by atoms with E-state index < -0.39 is 11.8 Å². The van der Waals surface area contributed by atoms with Crippen molar-refractivity contribution < 1.29 is 14.3 Å². The van der Waals surface area contributed by atoms with Gasteiger partial charge in [-0.1, -0.05) is 19.1 Å². The number of likely N-dealkylation sites (tertiary alicyclic amines) is 1. The number of rotatable bonds is 6. The minimum absolute atomic E-state index is 0.182. The van der Waals surface area contributed by atoms with Gasteiger partial charge in [0.25, 0.3) is 0 Å². The first-order valence-electron chi connectivity index (χ1n) is 11.2. The molecule has 0 saturated carbocycles. The normalized spacial score (nSPS) is 18.5. The molecule has 2 amide bonds. The van der Waals surface area contributed by atoms with Crippen molar-refractivity contribution in [3.63, 3.8) is 0 Å². The van der Waals surface area contributed by atoms with E-state index >= 15 is 0 Å². The highest BCUT2D eigenvalue weighted by molar-refractivity contribution is 6.40. The number of carbonyl (C=O) groups excluding carboxylic acids is 2. The fourth-order valence-corrected chi connectivity index (χ4v) is 4.15. The van der Waals surface area contributed by atoms with Crippen LogP contribution in [0.5, 0.6) is 5.75 Å². The number of amides is 2. The highest BCUT2D eigenvalue weighted by Crippen LogP contribution is 2.35. The molecule has 2 atom stereocenters. The van der Waals surface area contributed by atoms with Crippen molar-refractivity contribution in [2.24, 2.45) is 5.92 Å². The van der Waals surface area contributed by atoms with E-state index in [1.165, 1.54) is 6.20 Å². The molecule has 0 bridgehead atoms. The van der Waals surface area contributed by atoms with Gasteiger partial charge in [-0.3, -0.25) is 19.7 Å². The van der Waals surface area contributed by atoms with Crippen LogP contribution in [0.4, 0.5) is 5.69 Å². The molecule has 9 nitrogen and oxygen atoms in total. The molecule has 3 heterocycles. The molecule has 2 N–H and O–H groups in total. The molecular formula is C24H30N6O3. The van der Waals surface area contributed by atoms with Crippen LogP contribution in [0.3, 0.4) is 0 Å². The van der Waals surface area contributed by atoms with Crippen molar-refractivity contribution in [1.29, 1.82) is 0 Å². The van der Waals surface area contributed by atoms with Gasteiger partial charge >= 0.3 is 11.8 Å². The Morgan fingerprint density at radius 1 is 1.24 bits per heavy atom. The smallest absolute Gasteiger partial charge is 0.314 e. The summed E-state index contributed by atoms with van der Waals surface area (Å²) >= 11 is 0. The van der Waals surface area contributed by atoms with Crippen molar-refractivity contribution in [3.8, 4) is 5.75 Å². The van der Waals surface area contributed by atoms with E-state index in [-0.39, 0.29) is 6.04 Å². The van der Waals surface area contributed by atoms with E-state index in [0.717, 1.165) is 36.1 Å². The number of fused-ring (bicyclic) bond motifs is 1. The molecule has 9 heteroatoms. The van der Waals surface area contributed by atoms with Gasteiger partial charge in [0.1, 0.15) is 12.4 Å². The van der Waals surface area contributed by atoms with E-state index in [1.54, 1.807) is 17.3 Å². The van der Waals surface area contributed by atoms with Gasteiger partial charge in [-0.15, -0.1) is 0 Å². The summed E-state index contributed by atoms with van der Waals surface area (Å²) in [5, 5.41) is 10.3. The number of benzene rings is 1. The number of likely N-dealkylation sites (N-methyl/N-ethyl adjacent to an activating group) is 1. The maximum absolute atomic E-state index is 13.3. The van der Waals surface area contributed by atoms with Gasteiger partial charge in [0.15, 0.2) is 0 Å². The fraction of sp³-hybridized carbons (Fsp3) is 0.417. The first kappa shape index (κ1) is 22.7. The average Bonchev–Trinajstić information content (AvgIpc) is 3.28. The summed E-state index contributed by atoms with van der Waals surface area (Å²) in [6.45, 7) is 4.02. The number of aromatic nitrogens is 3. The number of nitrogens with zero attached hydrogens (tertiary/aromatic N) is 4. The van der Waals surface area contributed by atoms with Crippen LogP contribution in [0.2, 0.25) is 0 Å². The Morgan fingerprint density at radius 2 is 2.09 bits per heavy atom. The third-order valence-electron chi connectivity index (χ3n) is 5.93. The molecule has 1 fully saturated rings. The number of anilines is 1. The van der Waals surface area contributed by atoms with E-state index in [1.807, 2.05) is 38.4 Å². The Hall–Kier alpha value is -3.46. The summed E-state index contributed by atoms with van der Waals surface area (Å²) in [6.07, 6.45) is 6.55. The lowest BCUT2D eigenvalue weighted by Gasteiger charge is -2.38. The lowest BCUT2D eigenvalue weighted by atomic mass is 9.89. The second-order valence-electron chi connectivity index (χ2n) is 8.86. The second-order valence-corrected chi connectivity index (χ2v) is 8.86. The molecule has 1 saturated heterocycles. The molecular weight excluding hydrogens is 420 g/mol. The Kier molecular flexibility index (Phi) is 6.88. The van der Waals surface area contributed by atoms with Gasteiger partial charge in [-0.25, -0.2) is 0 Å². The highest BCUT2D eigenvalue weighted by atomic mass is 16.5. The molecule has 2 aromatic heterocycles. The number of carbonyl (C=O) groups is 2. The van der Waals surface area contributed by atoms with Crippen molar-refractivity contribution in [2.75, 3.05) is 39.1 Å². The zero-order chi connectivity index (χ0) is 23.4. The molecule has 1 aromatic carbocycles. The van der Waals surface area contributed by atoms with Crippen LogP contribution < -0.4 is 10.1 Å². The van der Waals surface area contributed by atoms with Crippen molar-refractivity contribution in [3.05, 3.63) is 48.4 Å². The van der Waals surface area contributed by atoms with E-state index in [4.69, 9.17) is 4.74 Å². The maximum atomic E-state index is 13.3. The predicted octanol–water partition coefficient (Wildman–Crippen LogP) is 2.84. The Balaban J connectivity index is 1.51. The zero-order valence-corrected chi connectivity index (χ0v) is 19.2. The minimum Gasteiger partial charge on any atom is -0.492 e. The molecule has 174 valence electrons. The molecule has 33 heavy (non-hydrogen) atoms. The SMILES string of the molecule is C[C@H]1CC[C@H](c2cccc(OCCN(C)C)c2)N(C(=O)C(=O)Nc2cncc3cn[nH]c23)C1. The first-order valence-corrected chi connectivity index (χ1v) is 11.2. The van der Waals surface area contributed by atoms with Crippen molar-refractivity contribution in [2.45, 2.75) is 25.8 Å². The second kappa shape index (κ2) is 9.99. The number of aromatic amines is 1. The predicted molar refractivity (Wildman–Crippen MR) is 126 cm³/mol. The monoisotopic (exact) mass is 450 g/mol. The third kappa shape index (κ3) is 5.31. The molecule has 3 aromatic rings. The van der Waals surface area contributed by atoms with Gasteiger partial charge in [0.05, 0.1) is 29.6 Å². The number of H-pyrrole nitrogens is 1. The standard InChI is InChI=1S/C24H30N6O3/c1-16-7-8-21(17-5-4-6-19(11-17)33-10-9-29(2)3)30(15-16)24(32)23(31)27-20-14-25-12-18-13-26-28-22(18)20/h4-6,11-14,16,21H,7-10,15H2,1-3H3,(H,26,28)(H,27,31)/t16-,21+/m0/s1. The zero-order valence-electron chi connectivity index (χ0n) is 19.2. The van der Waals surface area contributed by atoms with Crippen molar-refractivity contribution in [1.82, 2.24) is 25.0 Å². The molecule has 0 aliphatic carbocycles. The maximum Gasteiger partial charge on any atom is 0.314 e. The number of pyridine rings is 1. The molecule has 0 radical (unpaired) electrons. The fourth-order valence-electron chi connectivity index (χ4n) is 4.15. The largest absolute Gasteiger partial charge is 0.492 e. The Labute approximate surface area is 193 Å². The summed E-state index contributed by atoms with van der Waals surface area (Å²) in [6, 6.07) is 7.64. The summed E-state index contributed by atoms with van der Waals surface area (Å²) in [5.41, 5.74) is 2.04. The summed E-state index contributed by atoms with van der Waals surface area (Å²) in [4.78, 5) is 34.1. The summed E-state index contributed by atoms with van der Waals surface area (Å²) in [5.74, 6) is -0.157. The van der Waals surface area contributed by atoms with Gasteiger partial charge in [-0.05, 0) is 50.6 Å². The van der Waals surface area contributed by atoms with Gasteiger partial charge in [-0.2, -0.15) is 5.10 Å². The Bertz CT molecular complexity index is 1130. The van der Waals surface area contributed by atoms with Crippen LogP contribution in [-0.2, 0) is 9.59 Å². The van der Waals surface area contributed by atoms with Crippen LogP contribution in [-0.4, -0.2) is 70.6 Å². The van der Waals surface area contributed by atoms with Crippen LogP contribution in [0.15, 0.2) is 42.9 Å². The van der Waals surface area contributed by atoms with Crippen molar-refractivity contribution >= 4 is 28.4 Å².